The van der Waals surface area contributed by atoms with Crippen molar-refractivity contribution in [1.29, 1.82) is 0 Å². The van der Waals surface area contributed by atoms with Crippen LogP contribution in [0.5, 0.6) is 0 Å². The van der Waals surface area contributed by atoms with Gasteiger partial charge in [0.1, 0.15) is 11.2 Å². The number of hydrogen-bond donors (Lipinski definition) is 4. The number of carbonyl (C=O) groups excluding carboxylic acids is 1. The number of pyridine rings is 1. The molecule has 4 N–H and O–H groups in total. The summed E-state index contributed by atoms with van der Waals surface area (Å²) in [6.45, 7) is 0.252. The Balaban J connectivity index is 1.64. The van der Waals surface area contributed by atoms with Gasteiger partial charge in [-0.2, -0.15) is 13.2 Å². The molecule has 0 aliphatic rings. The van der Waals surface area contributed by atoms with Gasteiger partial charge in [-0.15, -0.1) is 0 Å². The second kappa shape index (κ2) is 7.52. The van der Waals surface area contributed by atoms with E-state index in [0.717, 1.165) is 27.7 Å². The molecule has 3 aromatic heterocycles. The van der Waals surface area contributed by atoms with Crippen LogP contribution in [-0.4, -0.2) is 49.4 Å². The highest BCUT2D eigenvalue weighted by Gasteiger charge is 2.55. The molecule has 32 heavy (non-hydrogen) atoms. The number of hydrogen-bond acceptors (Lipinski definition) is 5. The average Bonchev–Trinajstić information content (AvgIpc) is 3.34. The fraction of sp³-hybridized carbons (Fsp3) is 0.286. The van der Waals surface area contributed by atoms with Gasteiger partial charge in [-0.25, -0.2) is 9.97 Å². The smallest absolute Gasteiger partial charge is 0.373 e. The van der Waals surface area contributed by atoms with Gasteiger partial charge < -0.3 is 25.3 Å². The number of nitrogens with zero attached hydrogens (tertiary/aromatic N) is 3. The molecule has 4 rings (SSSR count). The third kappa shape index (κ3) is 3.54. The van der Waals surface area contributed by atoms with Gasteiger partial charge in [0.05, 0.1) is 11.8 Å². The SMILES string of the molecule is CNc1nc2[nH]c(-c3cccc(CNC(=O)C(C)(O)C(F)(F)F)c3)cc2c2c1ncn2C. The molecule has 0 saturated heterocycles. The predicted molar refractivity (Wildman–Crippen MR) is 114 cm³/mol. The van der Waals surface area contributed by atoms with Gasteiger partial charge in [-0.1, -0.05) is 18.2 Å². The predicted octanol–water partition coefficient (Wildman–Crippen LogP) is 3.09. The quantitative estimate of drug-likeness (QED) is 0.377. The van der Waals surface area contributed by atoms with E-state index in [1.54, 1.807) is 31.6 Å². The highest BCUT2D eigenvalue weighted by Crippen LogP contribution is 2.32. The first kappa shape index (κ1) is 21.6. The molecule has 1 unspecified atom stereocenters. The largest absolute Gasteiger partial charge is 0.426 e. The molecular weight excluding hydrogens is 425 g/mol. The van der Waals surface area contributed by atoms with Crippen molar-refractivity contribution in [2.75, 3.05) is 12.4 Å². The van der Waals surface area contributed by atoms with Crippen LogP contribution in [0, 0.1) is 0 Å². The van der Waals surface area contributed by atoms with Gasteiger partial charge in [0, 0.05) is 31.7 Å². The molecule has 4 aromatic rings. The summed E-state index contributed by atoms with van der Waals surface area (Å²) in [6, 6.07) is 8.91. The summed E-state index contributed by atoms with van der Waals surface area (Å²) in [6.07, 6.45) is -3.36. The lowest BCUT2D eigenvalue weighted by atomic mass is 10.0. The maximum atomic E-state index is 12.8. The topological polar surface area (TPSA) is 108 Å². The highest BCUT2D eigenvalue weighted by atomic mass is 19.4. The first-order valence-electron chi connectivity index (χ1n) is 9.71. The van der Waals surface area contributed by atoms with Crippen LogP contribution in [0.1, 0.15) is 12.5 Å². The van der Waals surface area contributed by atoms with Gasteiger partial charge in [-0.05, 0) is 30.2 Å². The summed E-state index contributed by atoms with van der Waals surface area (Å²) in [4.78, 5) is 24.1. The minimum atomic E-state index is -5.07. The van der Waals surface area contributed by atoms with Gasteiger partial charge in [0.15, 0.2) is 5.82 Å². The zero-order valence-corrected chi connectivity index (χ0v) is 17.5. The molecule has 0 aliphatic carbocycles. The van der Waals surface area contributed by atoms with Crippen LogP contribution in [-0.2, 0) is 18.4 Å². The summed E-state index contributed by atoms with van der Waals surface area (Å²) >= 11 is 0. The standard InChI is InChI=1S/C21H21F3N6O2/c1-20(32,21(22,23)24)19(31)26-9-11-5-4-6-12(7-11)14-8-13-16-15(27-10-30(16)3)18(25-2)29-17(13)28-14/h4-8,10,32H,9H2,1-3H3,(H,26,31)(H2,25,28,29). The van der Waals surface area contributed by atoms with E-state index in [4.69, 9.17) is 0 Å². The lowest BCUT2D eigenvalue weighted by Crippen LogP contribution is -2.54. The molecule has 0 radical (unpaired) electrons. The van der Waals surface area contributed by atoms with E-state index in [1.807, 2.05) is 23.7 Å². The van der Waals surface area contributed by atoms with Crippen molar-refractivity contribution in [1.82, 2.24) is 24.8 Å². The van der Waals surface area contributed by atoms with E-state index in [1.165, 1.54) is 0 Å². The molecule has 0 spiro atoms. The number of H-pyrrole nitrogens is 1. The molecule has 11 heteroatoms. The molecule has 1 aromatic carbocycles. The van der Waals surface area contributed by atoms with Crippen LogP contribution in [0.3, 0.4) is 0 Å². The fourth-order valence-corrected chi connectivity index (χ4v) is 3.46. The molecule has 8 nitrogen and oxygen atoms in total. The Hall–Kier alpha value is -3.60. The first-order chi connectivity index (χ1) is 15.0. The number of benzene rings is 1. The summed E-state index contributed by atoms with van der Waals surface area (Å²) in [5, 5.41) is 15.5. The molecule has 1 amide bonds. The minimum absolute atomic E-state index is 0.173. The number of fused-ring (bicyclic) bond motifs is 3. The van der Waals surface area contributed by atoms with Crippen molar-refractivity contribution < 1.29 is 23.1 Å². The fourth-order valence-electron chi connectivity index (χ4n) is 3.46. The summed E-state index contributed by atoms with van der Waals surface area (Å²) in [5.41, 5.74) is 0.910. The van der Waals surface area contributed by atoms with Crippen molar-refractivity contribution in [3.63, 3.8) is 0 Å². The number of aryl methyl sites for hydroxylation is 1. The lowest BCUT2D eigenvalue weighted by Gasteiger charge is -2.24. The Kier molecular flexibility index (Phi) is 5.08. The molecule has 0 bridgehead atoms. The number of amides is 1. The zero-order chi connectivity index (χ0) is 23.3. The average molecular weight is 446 g/mol. The maximum Gasteiger partial charge on any atom is 0.426 e. The van der Waals surface area contributed by atoms with Crippen LogP contribution in [0.25, 0.3) is 33.3 Å². The number of rotatable bonds is 5. The van der Waals surface area contributed by atoms with Gasteiger partial charge in [0.25, 0.3) is 5.91 Å². The van der Waals surface area contributed by atoms with E-state index >= 15 is 0 Å². The third-order valence-electron chi connectivity index (χ3n) is 5.36. The summed E-state index contributed by atoms with van der Waals surface area (Å²) < 4.78 is 40.4. The number of halogens is 3. The van der Waals surface area contributed by atoms with Gasteiger partial charge in [-0.3, -0.25) is 4.79 Å². The van der Waals surface area contributed by atoms with Crippen LogP contribution < -0.4 is 10.6 Å². The van der Waals surface area contributed by atoms with E-state index in [2.05, 4.69) is 25.6 Å². The van der Waals surface area contributed by atoms with Gasteiger partial charge >= 0.3 is 6.18 Å². The Labute approximate surface area is 180 Å². The summed E-state index contributed by atoms with van der Waals surface area (Å²) in [5.74, 6) is -0.877. The van der Waals surface area contributed by atoms with Crippen molar-refractivity contribution >= 4 is 33.8 Å². The number of aromatic amines is 1. The van der Waals surface area contributed by atoms with E-state index in [9.17, 15) is 23.1 Å². The Morgan fingerprint density at radius 1 is 1.28 bits per heavy atom. The third-order valence-corrected chi connectivity index (χ3v) is 5.36. The van der Waals surface area contributed by atoms with Gasteiger partial charge in [0.2, 0.25) is 5.60 Å². The highest BCUT2D eigenvalue weighted by molar-refractivity contribution is 6.07. The second-order valence-corrected chi connectivity index (χ2v) is 7.66. The number of anilines is 1. The molecular formula is C21H21F3N6O2. The van der Waals surface area contributed by atoms with Crippen molar-refractivity contribution in [3.05, 3.63) is 42.2 Å². The minimum Gasteiger partial charge on any atom is -0.373 e. The van der Waals surface area contributed by atoms with Crippen molar-refractivity contribution in [2.45, 2.75) is 25.2 Å². The number of aromatic nitrogens is 4. The lowest BCUT2D eigenvalue weighted by molar-refractivity contribution is -0.245. The van der Waals surface area contributed by atoms with Crippen LogP contribution in [0.15, 0.2) is 36.7 Å². The number of aliphatic hydroxyl groups is 1. The monoisotopic (exact) mass is 446 g/mol. The Morgan fingerprint density at radius 2 is 2.03 bits per heavy atom. The number of carbonyl (C=O) groups is 1. The zero-order valence-electron chi connectivity index (χ0n) is 17.5. The Bertz CT molecular complexity index is 1320. The second-order valence-electron chi connectivity index (χ2n) is 7.66. The number of imidazole rings is 1. The van der Waals surface area contributed by atoms with E-state index in [0.29, 0.717) is 24.0 Å². The van der Waals surface area contributed by atoms with E-state index in [-0.39, 0.29) is 6.54 Å². The van der Waals surface area contributed by atoms with Crippen LogP contribution >= 0.6 is 0 Å². The molecule has 1 atom stereocenters. The maximum absolute atomic E-state index is 12.8. The number of alkyl halides is 3. The molecule has 3 heterocycles. The first-order valence-corrected chi connectivity index (χ1v) is 9.71. The van der Waals surface area contributed by atoms with E-state index < -0.39 is 17.7 Å². The normalized spacial score (nSPS) is 14.0. The summed E-state index contributed by atoms with van der Waals surface area (Å²) in [7, 11) is 3.65. The number of nitrogens with one attached hydrogen (secondary N) is 3. The van der Waals surface area contributed by atoms with Crippen molar-refractivity contribution in [3.8, 4) is 11.3 Å². The van der Waals surface area contributed by atoms with Crippen LogP contribution in [0.4, 0.5) is 19.0 Å². The van der Waals surface area contributed by atoms with Crippen molar-refractivity contribution in [2.24, 2.45) is 7.05 Å². The van der Waals surface area contributed by atoms with Crippen LogP contribution in [0.2, 0.25) is 0 Å². The molecule has 168 valence electrons. The molecule has 0 saturated carbocycles. The Morgan fingerprint density at radius 3 is 2.72 bits per heavy atom. The molecule has 0 aliphatic heterocycles. The molecule has 0 fully saturated rings.